The maximum atomic E-state index is 12.3. The summed E-state index contributed by atoms with van der Waals surface area (Å²) in [6, 6.07) is 0. The van der Waals surface area contributed by atoms with Crippen molar-refractivity contribution in [2.24, 2.45) is 11.1 Å². The minimum atomic E-state index is 0.0540. The lowest BCUT2D eigenvalue weighted by atomic mass is 9.90. The lowest BCUT2D eigenvalue weighted by Gasteiger charge is -2.26. The van der Waals surface area contributed by atoms with E-state index >= 15 is 0 Å². The van der Waals surface area contributed by atoms with Crippen LogP contribution in [0.15, 0.2) is 0 Å². The van der Waals surface area contributed by atoms with Crippen LogP contribution in [-0.2, 0) is 9.59 Å². The number of nitrogens with zero attached hydrogens (tertiary/aromatic N) is 2. The van der Waals surface area contributed by atoms with Crippen LogP contribution in [0, 0.1) is 5.41 Å². The highest BCUT2D eigenvalue weighted by molar-refractivity contribution is 5.85. The Hall–Kier alpha value is -1.10. The van der Waals surface area contributed by atoms with Crippen molar-refractivity contribution >= 4 is 11.8 Å². The number of amides is 2. The summed E-state index contributed by atoms with van der Waals surface area (Å²) in [6.07, 6.45) is 4.61. The van der Waals surface area contributed by atoms with Crippen molar-refractivity contribution in [1.82, 2.24) is 9.80 Å². The third-order valence-corrected chi connectivity index (χ3v) is 4.40. The predicted octanol–water partition coefficient (Wildman–Crippen LogP) is 0.586. The molecule has 2 aliphatic heterocycles. The van der Waals surface area contributed by atoms with Crippen molar-refractivity contribution in [2.75, 3.05) is 32.7 Å². The molecule has 0 aromatic rings. The molecule has 0 bridgehead atoms. The molecule has 5 nitrogen and oxygen atoms in total. The highest BCUT2D eigenvalue weighted by Gasteiger charge is 2.35. The minimum Gasteiger partial charge on any atom is -0.341 e. The van der Waals surface area contributed by atoms with E-state index in [1.807, 2.05) is 4.90 Å². The predicted molar refractivity (Wildman–Crippen MR) is 73.4 cm³/mol. The largest absolute Gasteiger partial charge is 0.341 e. The molecule has 0 aromatic carbocycles. The van der Waals surface area contributed by atoms with Gasteiger partial charge in [0.2, 0.25) is 11.8 Å². The summed E-state index contributed by atoms with van der Waals surface area (Å²) in [5.74, 6) is 0.207. The Morgan fingerprint density at radius 2 is 2.11 bits per heavy atom. The number of hydrogen-bond acceptors (Lipinski definition) is 3. The first-order valence-corrected chi connectivity index (χ1v) is 7.30. The van der Waals surface area contributed by atoms with E-state index in [9.17, 15) is 9.59 Å². The molecule has 2 saturated heterocycles. The second kappa shape index (κ2) is 5.90. The van der Waals surface area contributed by atoms with E-state index in [0.717, 1.165) is 45.3 Å². The van der Waals surface area contributed by atoms with Gasteiger partial charge in [0.05, 0.1) is 6.54 Å². The van der Waals surface area contributed by atoms with Crippen molar-refractivity contribution in [3.63, 3.8) is 0 Å². The first-order chi connectivity index (χ1) is 9.04. The van der Waals surface area contributed by atoms with E-state index in [1.165, 1.54) is 0 Å². The van der Waals surface area contributed by atoms with Gasteiger partial charge in [-0.2, -0.15) is 0 Å². The van der Waals surface area contributed by atoms with Crippen LogP contribution in [0.1, 0.15) is 39.0 Å². The third kappa shape index (κ3) is 3.47. The number of nitrogens with two attached hydrogens (primary N) is 1. The normalized spacial score (nSPS) is 28.6. The average molecular weight is 267 g/mol. The second-order valence-electron chi connectivity index (χ2n) is 6.21. The van der Waals surface area contributed by atoms with Gasteiger partial charge in [0.25, 0.3) is 0 Å². The zero-order valence-electron chi connectivity index (χ0n) is 11.9. The fourth-order valence-electron chi connectivity index (χ4n) is 2.87. The second-order valence-corrected chi connectivity index (χ2v) is 6.21. The molecule has 108 valence electrons. The standard InChI is InChI=1S/C14H25N3O2/c1-14(10-15)6-8-17(11-14)13(19)9-16-7-4-2-3-5-12(16)18/h2-11,15H2,1H3. The molecule has 2 N–H and O–H groups in total. The molecule has 0 aliphatic carbocycles. The molecule has 2 aliphatic rings. The molecule has 2 rings (SSSR count). The molecule has 2 amide bonds. The maximum absolute atomic E-state index is 12.3. The van der Waals surface area contributed by atoms with Crippen molar-refractivity contribution < 1.29 is 9.59 Å². The fourth-order valence-corrected chi connectivity index (χ4v) is 2.87. The number of rotatable bonds is 3. The zero-order valence-corrected chi connectivity index (χ0v) is 11.9. The van der Waals surface area contributed by atoms with Crippen molar-refractivity contribution in [2.45, 2.75) is 39.0 Å². The van der Waals surface area contributed by atoms with Crippen LogP contribution in [0.25, 0.3) is 0 Å². The van der Waals surface area contributed by atoms with Crippen molar-refractivity contribution in [1.29, 1.82) is 0 Å². The molecule has 2 heterocycles. The zero-order chi connectivity index (χ0) is 13.9. The number of hydrogen-bond donors (Lipinski definition) is 1. The SMILES string of the molecule is CC1(CN)CCN(C(=O)CN2CCCCCC2=O)C1. The lowest BCUT2D eigenvalue weighted by Crippen LogP contribution is -2.43. The smallest absolute Gasteiger partial charge is 0.242 e. The summed E-state index contributed by atoms with van der Waals surface area (Å²) in [4.78, 5) is 27.7. The van der Waals surface area contributed by atoms with E-state index in [0.29, 0.717) is 13.0 Å². The Bertz CT molecular complexity index is 359. The fraction of sp³-hybridized carbons (Fsp3) is 0.857. The lowest BCUT2D eigenvalue weighted by molar-refractivity contribution is -0.139. The molecule has 1 unspecified atom stereocenters. The summed E-state index contributed by atoms with van der Waals surface area (Å²) in [7, 11) is 0. The van der Waals surface area contributed by atoms with Crippen LogP contribution in [0.5, 0.6) is 0 Å². The van der Waals surface area contributed by atoms with Gasteiger partial charge in [-0.05, 0) is 31.2 Å². The maximum Gasteiger partial charge on any atom is 0.242 e. The number of carbonyl (C=O) groups excluding carboxylic acids is 2. The molecule has 2 fully saturated rings. The van der Waals surface area contributed by atoms with Gasteiger partial charge < -0.3 is 15.5 Å². The molecule has 0 spiro atoms. The van der Waals surface area contributed by atoms with Gasteiger partial charge >= 0.3 is 0 Å². The third-order valence-electron chi connectivity index (χ3n) is 4.40. The Balaban J connectivity index is 1.89. The van der Waals surface area contributed by atoms with Gasteiger partial charge in [0.1, 0.15) is 0 Å². The van der Waals surface area contributed by atoms with Crippen LogP contribution < -0.4 is 5.73 Å². The van der Waals surface area contributed by atoms with Gasteiger partial charge in [-0.25, -0.2) is 0 Å². The van der Waals surface area contributed by atoms with Crippen molar-refractivity contribution in [3.05, 3.63) is 0 Å². The molecule has 0 saturated carbocycles. The summed E-state index contributed by atoms with van der Waals surface area (Å²) in [6.45, 7) is 5.21. The highest BCUT2D eigenvalue weighted by atomic mass is 16.2. The molecule has 0 radical (unpaired) electrons. The van der Waals surface area contributed by atoms with Gasteiger partial charge in [0, 0.05) is 26.1 Å². The van der Waals surface area contributed by atoms with Crippen LogP contribution >= 0.6 is 0 Å². The first-order valence-electron chi connectivity index (χ1n) is 7.30. The van der Waals surface area contributed by atoms with E-state index in [-0.39, 0.29) is 23.8 Å². The first kappa shape index (κ1) is 14.3. The summed E-state index contributed by atoms with van der Waals surface area (Å²) >= 11 is 0. The summed E-state index contributed by atoms with van der Waals surface area (Å²) in [5, 5.41) is 0. The molecule has 5 heteroatoms. The van der Waals surface area contributed by atoms with E-state index in [1.54, 1.807) is 4.90 Å². The summed E-state index contributed by atoms with van der Waals surface area (Å²) in [5.41, 5.74) is 5.81. The van der Waals surface area contributed by atoms with E-state index in [4.69, 9.17) is 5.73 Å². The molecule has 0 aromatic heterocycles. The average Bonchev–Trinajstić information content (AvgIpc) is 2.69. The van der Waals surface area contributed by atoms with Crippen LogP contribution in [0.3, 0.4) is 0 Å². The van der Waals surface area contributed by atoms with Crippen LogP contribution in [-0.4, -0.2) is 54.3 Å². The van der Waals surface area contributed by atoms with Gasteiger partial charge in [-0.15, -0.1) is 0 Å². The summed E-state index contributed by atoms with van der Waals surface area (Å²) < 4.78 is 0. The Morgan fingerprint density at radius 3 is 2.79 bits per heavy atom. The van der Waals surface area contributed by atoms with Crippen molar-refractivity contribution in [3.8, 4) is 0 Å². The Kier molecular flexibility index (Phi) is 4.45. The van der Waals surface area contributed by atoms with E-state index < -0.39 is 0 Å². The van der Waals surface area contributed by atoms with Gasteiger partial charge in [-0.3, -0.25) is 9.59 Å². The molecular formula is C14H25N3O2. The Labute approximate surface area is 115 Å². The molecular weight excluding hydrogens is 242 g/mol. The van der Waals surface area contributed by atoms with Crippen LogP contribution in [0.2, 0.25) is 0 Å². The molecule has 1 atom stereocenters. The monoisotopic (exact) mass is 267 g/mol. The van der Waals surface area contributed by atoms with Gasteiger partial charge in [-0.1, -0.05) is 13.3 Å². The van der Waals surface area contributed by atoms with Gasteiger partial charge in [0.15, 0.2) is 0 Å². The topological polar surface area (TPSA) is 66.6 Å². The number of carbonyl (C=O) groups is 2. The Morgan fingerprint density at radius 1 is 1.32 bits per heavy atom. The molecule has 19 heavy (non-hydrogen) atoms. The quantitative estimate of drug-likeness (QED) is 0.813. The highest BCUT2D eigenvalue weighted by Crippen LogP contribution is 2.28. The van der Waals surface area contributed by atoms with E-state index in [2.05, 4.69) is 6.92 Å². The number of likely N-dealkylation sites (tertiary alicyclic amines) is 2. The minimum absolute atomic E-state index is 0.0540. The van der Waals surface area contributed by atoms with Crippen LogP contribution in [0.4, 0.5) is 0 Å².